The summed E-state index contributed by atoms with van der Waals surface area (Å²) >= 11 is 0. The second-order valence-electron chi connectivity index (χ2n) is 6.82. The van der Waals surface area contributed by atoms with Crippen LogP contribution in [0.3, 0.4) is 0 Å². The molecule has 142 valence electrons. The molecule has 4 aromatic rings. The zero-order valence-electron chi connectivity index (χ0n) is 16.2. The molecule has 2 N–H and O–H groups in total. The van der Waals surface area contributed by atoms with E-state index in [0.717, 1.165) is 58.4 Å². The summed E-state index contributed by atoms with van der Waals surface area (Å²) in [5.41, 5.74) is 4.58. The molecular weight excluding hydrogens is 348 g/mol. The van der Waals surface area contributed by atoms with Gasteiger partial charge in [0.2, 0.25) is 0 Å². The zero-order valence-corrected chi connectivity index (χ0v) is 16.2. The van der Waals surface area contributed by atoms with Crippen molar-refractivity contribution in [3.8, 4) is 5.75 Å². The van der Waals surface area contributed by atoms with E-state index in [1.165, 1.54) is 0 Å². The average Bonchev–Trinajstić information content (AvgIpc) is 2.74. The first-order chi connectivity index (χ1) is 13.7. The number of benzene rings is 3. The Morgan fingerprint density at radius 3 is 2.46 bits per heavy atom. The molecule has 0 radical (unpaired) electrons. The molecule has 0 aliphatic carbocycles. The fourth-order valence-corrected chi connectivity index (χ4v) is 3.54. The third-order valence-corrected chi connectivity index (χ3v) is 5.13. The van der Waals surface area contributed by atoms with Crippen LogP contribution in [-0.4, -0.2) is 33.1 Å². The molecule has 0 unspecified atom stereocenters. The van der Waals surface area contributed by atoms with Gasteiger partial charge in [-0.2, -0.15) is 0 Å². The van der Waals surface area contributed by atoms with E-state index in [2.05, 4.69) is 46.2 Å². The highest BCUT2D eigenvalue weighted by molar-refractivity contribution is 6.10. The van der Waals surface area contributed by atoms with Gasteiger partial charge in [-0.1, -0.05) is 38.1 Å². The predicted molar refractivity (Wildman–Crippen MR) is 115 cm³/mol. The molecule has 0 amide bonds. The third kappa shape index (κ3) is 3.49. The van der Waals surface area contributed by atoms with Crippen LogP contribution in [0.1, 0.15) is 19.4 Å². The van der Waals surface area contributed by atoms with Gasteiger partial charge < -0.3 is 10.4 Å². The highest BCUT2D eigenvalue weighted by Crippen LogP contribution is 2.33. The SMILES string of the molecule is CCN(CC)Cc1cc(Nc2cc3nccnc3c3ccccc23)ccc1O. The van der Waals surface area contributed by atoms with Crippen LogP contribution in [0, 0.1) is 0 Å². The Morgan fingerprint density at radius 2 is 1.68 bits per heavy atom. The summed E-state index contributed by atoms with van der Waals surface area (Å²) in [6, 6.07) is 15.9. The molecule has 1 aromatic heterocycles. The quantitative estimate of drug-likeness (QED) is 0.365. The van der Waals surface area contributed by atoms with E-state index in [9.17, 15) is 5.11 Å². The van der Waals surface area contributed by atoms with Crippen molar-refractivity contribution in [2.75, 3.05) is 18.4 Å². The molecule has 0 aliphatic rings. The van der Waals surface area contributed by atoms with Crippen LogP contribution in [0.25, 0.3) is 21.8 Å². The molecule has 0 aliphatic heterocycles. The van der Waals surface area contributed by atoms with Crippen molar-refractivity contribution in [2.45, 2.75) is 20.4 Å². The van der Waals surface area contributed by atoms with Gasteiger partial charge in [-0.25, -0.2) is 0 Å². The molecule has 0 saturated carbocycles. The monoisotopic (exact) mass is 372 g/mol. The van der Waals surface area contributed by atoms with Gasteiger partial charge in [0, 0.05) is 46.6 Å². The van der Waals surface area contributed by atoms with E-state index in [-0.39, 0.29) is 0 Å². The highest BCUT2D eigenvalue weighted by atomic mass is 16.3. The number of fused-ring (bicyclic) bond motifs is 3. The van der Waals surface area contributed by atoms with E-state index in [0.29, 0.717) is 5.75 Å². The van der Waals surface area contributed by atoms with Gasteiger partial charge in [0.05, 0.1) is 11.0 Å². The van der Waals surface area contributed by atoms with Gasteiger partial charge in [0.25, 0.3) is 0 Å². The number of rotatable bonds is 6. The summed E-state index contributed by atoms with van der Waals surface area (Å²) in [7, 11) is 0. The molecule has 0 fully saturated rings. The zero-order chi connectivity index (χ0) is 19.5. The normalized spacial score (nSPS) is 11.4. The van der Waals surface area contributed by atoms with Gasteiger partial charge in [-0.15, -0.1) is 0 Å². The lowest BCUT2D eigenvalue weighted by Crippen LogP contribution is -2.22. The summed E-state index contributed by atoms with van der Waals surface area (Å²) in [6.45, 7) is 6.87. The number of aromatic hydroxyl groups is 1. The summed E-state index contributed by atoms with van der Waals surface area (Å²) in [5.74, 6) is 0.326. The molecule has 0 atom stereocenters. The van der Waals surface area contributed by atoms with Gasteiger partial charge in [0.15, 0.2) is 0 Å². The van der Waals surface area contributed by atoms with Crippen molar-refractivity contribution in [2.24, 2.45) is 0 Å². The first-order valence-electron chi connectivity index (χ1n) is 9.63. The van der Waals surface area contributed by atoms with E-state index in [1.54, 1.807) is 18.5 Å². The number of hydrogen-bond acceptors (Lipinski definition) is 5. The second-order valence-corrected chi connectivity index (χ2v) is 6.82. The van der Waals surface area contributed by atoms with Crippen molar-refractivity contribution in [1.82, 2.24) is 14.9 Å². The minimum Gasteiger partial charge on any atom is -0.508 e. The Morgan fingerprint density at radius 1 is 0.929 bits per heavy atom. The number of aromatic nitrogens is 2. The molecule has 0 saturated heterocycles. The molecule has 0 spiro atoms. The van der Waals surface area contributed by atoms with E-state index in [4.69, 9.17) is 0 Å². The van der Waals surface area contributed by atoms with Crippen LogP contribution in [-0.2, 0) is 6.54 Å². The maximum absolute atomic E-state index is 10.3. The summed E-state index contributed by atoms with van der Waals surface area (Å²) < 4.78 is 0. The molecule has 5 heteroatoms. The Hall–Kier alpha value is -3.18. The van der Waals surface area contributed by atoms with Gasteiger partial charge >= 0.3 is 0 Å². The lowest BCUT2D eigenvalue weighted by Gasteiger charge is -2.19. The molecular formula is C23H24N4O. The topological polar surface area (TPSA) is 61.3 Å². The standard InChI is InChI=1S/C23H24N4O/c1-3-27(4-2)15-16-13-17(9-10-22(16)28)26-20-14-21-23(25-12-11-24-21)19-8-6-5-7-18(19)20/h5-14,26,28H,3-4,15H2,1-2H3. The maximum Gasteiger partial charge on any atom is 0.120 e. The molecule has 1 heterocycles. The van der Waals surface area contributed by atoms with Gasteiger partial charge in [-0.05, 0) is 37.4 Å². The van der Waals surface area contributed by atoms with Crippen molar-refractivity contribution in [1.29, 1.82) is 0 Å². The van der Waals surface area contributed by atoms with Gasteiger partial charge in [-0.3, -0.25) is 14.9 Å². The summed E-state index contributed by atoms with van der Waals surface area (Å²) in [5, 5.41) is 16.0. The predicted octanol–water partition coefficient (Wildman–Crippen LogP) is 5.07. The molecule has 4 rings (SSSR count). The van der Waals surface area contributed by atoms with E-state index in [1.807, 2.05) is 30.3 Å². The van der Waals surface area contributed by atoms with E-state index < -0.39 is 0 Å². The van der Waals surface area contributed by atoms with E-state index >= 15 is 0 Å². The maximum atomic E-state index is 10.3. The number of hydrogen-bond donors (Lipinski definition) is 2. The second kappa shape index (κ2) is 7.82. The number of nitrogens with one attached hydrogen (secondary N) is 1. The smallest absolute Gasteiger partial charge is 0.120 e. The first-order valence-corrected chi connectivity index (χ1v) is 9.63. The Kier molecular flexibility index (Phi) is 5.08. The molecule has 0 bridgehead atoms. The van der Waals surface area contributed by atoms with Crippen LogP contribution in [0.2, 0.25) is 0 Å². The fourth-order valence-electron chi connectivity index (χ4n) is 3.54. The fraction of sp³-hybridized carbons (Fsp3) is 0.217. The minimum absolute atomic E-state index is 0.326. The Labute approximate surface area is 164 Å². The molecule has 5 nitrogen and oxygen atoms in total. The molecule has 28 heavy (non-hydrogen) atoms. The van der Waals surface area contributed by atoms with Crippen LogP contribution < -0.4 is 5.32 Å². The number of phenolic OH excluding ortho intramolecular Hbond substituents is 1. The number of phenols is 1. The van der Waals surface area contributed by atoms with Crippen molar-refractivity contribution in [3.05, 3.63) is 66.5 Å². The Bertz CT molecular complexity index is 1120. The van der Waals surface area contributed by atoms with Crippen molar-refractivity contribution >= 4 is 33.2 Å². The van der Waals surface area contributed by atoms with Crippen LogP contribution in [0.4, 0.5) is 11.4 Å². The van der Waals surface area contributed by atoms with Crippen LogP contribution >= 0.6 is 0 Å². The van der Waals surface area contributed by atoms with Crippen LogP contribution in [0.5, 0.6) is 5.75 Å². The Balaban J connectivity index is 1.75. The van der Waals surface area contributed by atoms with Crippen molar-refractivity contribution < 1.29 is 5.11 Å². The highest BCUT2D eigenvalue weighted by Gasteiger charge is 2.11. The average molecular weight is 372 g/mol. The molecule has 3 aromatic carbocycles. The van der Waals surface area contributed by atoms with Gasteiger partial charge in [0.1, 0.15) is 5.75 Å². The number of nitrogens with zero attached hydrogens (tertiary/aromatic N) is 3. The minimum atomic E-state index is 0.326. The third-order valence-electron chi connectivity index (χ3n) is 5.13. The summed E-state index contributed by atoms with van der Waals surface area (Å²) in [4.78, 5) is 11.3. The lowest BCUT2D eigenvalue weighted by molar-refractivity contribution is 0.291. The lowest BCUT2D eigenvalue weighted by atomic mass is 10.1. The first kappa shape index (κ1) is 18.2. The van der Waals surface area contributed by atoms with Crippen LogP contribution in [0.15, 0.2) is 60.9 Å². The van der Waals surface area contributed by atoms with Crippen molar-refractivity contribution in [3.63, 3.8) is 0 Å². The number of anilines is 2. The largest absolute Gasteiger partial charge is 0.508 e. The summed E-state index contributed by atoms with van der Waals surface area (Å²) in [6.07, 6.45) is 3.44.